The molecule has 0 atom stereocenters. The van der Waals surface area contributed by atoms with Gasteiger partial charge in [0.2, 0.25) is 0 Å². The van der Waals surface area contributed by atoms with Crippen molar-refractivity contribution in [2.24, 2.45) is 0 Å². The van der Waals surface area contributed by atoms with Gasteiger partial charge in [-0.25, -0.2) is 0 Å². The maximum absolute atomic E-state index is 13.2. The highest BCUT2D eigenvalue weighted by molar-refractivity contribution is 8.03. The number of nitrogens with zero attached hydrogens (tertiary/aromatic N) is 2. The fourth-order valence-electron chi connectivity index (χ4n) is 6.13. The molecule has 2 heterocycles. The zero-order valence-electron chi connectivity index (χ0n) is 31.2. The van der Waals surface area contributed by atoms with Crippen LogP contribution in [0.1, 0.15) is 69.5 Å². The third-order valence-electron chi connectivity index (χ3n) is 9.11. The molecule has 1 aliphatic carbocycles. The first-order valence-corrected chi connectivity index (χ1v) is 20.1. The molecule has 0 bridgehead atoms. The van der Waals surface area contributed by atoms with Crippen LogP contribution in [0.3, 0.4) is 0 Å². The van der Waals surface area contributed by atoms with Crippen molar-refractivity contribution in [2.75, 3.05) is 67.6 Å². The van der Waals surface area contributed by atoms with E-state index in [0.29, 0.717) is 37.4 Å². The van der Waals surface area contributed by atoms with E-state index in [0.717, 1.165) is 88.1 Å². The Bertz CT molecular complexity index is 1930. The third-order valence-corrected chi connectivity index (χ3v) is 11.5. The van der Waals surface area contributed by atoms with Gasteiger partial charge in [0, 0.05) is 68.0 Å². The molecule has 2 amide bonds. The Hall–Kier alpha value is -4.22. The molecule has 3 aliphatic rings. The quantitative estimate of drug-likeness (QED) is 0.142. The van der Waals surface area contributed by atoms with Gasteiger partial charge < -0.3 is 29.9 Å². The summed E-state index contributed by atoms with van der Waals surface area (Å²) in [4.78, 5) is 35.2. The summed E-state index contributed by atoms with van der Waals surface area (Å²) in [6.45, 7) is 3.84. The Balaban J connectivity index is 0.992. The molecule has 0 saturated carbocycles. The molecular weight excluding hydrogens is 701 g/mol. The van der Waals surface area contributed by atoms with Crippen molar-refractivity contribution < 1.29 is 19.1 Å². The van der Waals surface area contributed by atoms with Crippen molar-refractivity contribution in [3.05, 3.63) is 117 Å². The van der Waals surface area contributed by atoms with Gasteiger partial charge in [0.15, 0.2) is 0 Å². The van der Waals surface area contributed by atoms with E-state index in [2.05, 4.69) is 56.9 Å². The fourth-order valence-corrected chi connectivity index (χ4v) is 8.26. The van der Waals surface area contributed by atoms with Crippen molar-refractivity contribution in [2.45, 2.75) is 46.8 Å². The molecule has 3 aromatic rings. The van der Waals surface area contributed by atoms with Crippen molar-refractivity contribution in [3.63, 3.8) is 0 Å². The summed E-state index contributed by atoms with van der Waals surface area (Å²) in [5.41, 5.74) is 5.41. The van der Waals surface area contributed by atoms with Crippen LogP contribution in [0.2, 0.25) is 0 Å². The molecule has 0 spiro atoms. The Kier molecular flexibility index (Phi) is 13.6. The topological polar surface area (TPSA) is 83.1 Å². The lowest BCUT2D eigenvalue weighted by molar-refractivity contribution is 0.0947. The lowest BCUT2D eigenvalue weighted by Crippen LogP contribution is -2.26. The molecule has 2 N–H and O–H groups in total. The second-order valence-electron chi connectivity index (χ2n) is 13.9. The summed E-state index contributed by atoms with van der Waals surface area (Å²) in [5.74, 6) is 1.39. The number of likely N-dealkylation sites (N-methyl/N-ethyl adjacent to an activating group) is 2. The van der Waals surface area contributed by atoms with Crippen molar-refractivity contribution in [1.82, 2.24) is 20.4 Å². The predicted octanol–water partition coefficient (Wildman–Crippen LogP) is 8.19. The van der Waals surface area contributed by atoms with Crippen molar-refractivity contribution in [3.8, 4) is 0 Å². The van der Waals surface area contributed by atoms with Crippen molar-refractivity contribution >= 4 is 52.9 Å². The molecule has 3 aromatic carbocycles. The molecule has 0 unspecified atom stereocenters. The third kappa shape index (κ3) is 10.5. The first-order chi connectivity index (χ1) is 25.7. The van der Waals surface area contributed by atoms with Crippen LogP contribution in [0.25, 0.3) is 17.6 Å². The van der Waals surface area contributed by atoms with Crippen LogP contribution >= 0.6 is 23.5 Å². The van der Waals surface area contributed by atoms with Gasteiger partial charge in [-0.3, -0.25) is 9.59 Å². The number of carbonyl (C=O) groups excluding carboxylic acids is 2. The number of unbranched alkanes of at least 4 members (excludes halogenated alkanes) is 2. The Morgan fingerprint density at radius 1 is 0.660 bits per heavy atom. The summed E-state index contributed by atoms with van der Waals surface area (Å²) < 4.78 is 12.6. The van der Waals surface area contributed by atoms with Gasteiger partial charge in [0.05, 0.1) is 0 Å². The Morgan fingerprint density at radius 2 is 1.23 bits per heavy atom. The van der Waals surface area contributed by atoms with E-state index in [1.165, 1.54) is 10.5 Å². The van der Waals surface area contributed by atoms with Gasteiger partial charge in [-0.15, -0.1) is 0 Å². The van der Waals surface area contributed by atoms with Crippen LogP contribution in [-0.2, 0) is 9.47 Å². The van der Waals surface area contributed by atoms with E-state index in [1.807, 2.05) is 76.7 Å². The van der Waals surface area contributed by atoms with E-state index in [-0.39, 0.29) is 11.8 Å². The van der Waals surface area contributed by atoms with Crippen LogP contribution in [0.4, 0.5) is 0 Å². The first kappa shape index (κ1) is 38.5. The summed E-state index contributed by atoms with van der Waals surface area (Å²) in [6, 6.07) is 20.0. The smallest absolute Gasteiger partial charge is 0.251 e. The second kappa shape index (κ2) is 18.7. The number of hydrogen-bond donors (Lipinski definition) is 2. The van der Waals surface area contributed by atoms with Crippen LogP contribution < -0.4 is 10.6 Å². The van der Waals surface area contributed by atoms with Gasteiger partial charge in [0.25, 0.3) is 11.8 Å². The maximum Gasteiger partial charge on any atom is 0.251 e. The van der Waals surface area contributed by atoms with Gasteiger partial charge >= 0.3 is 0 Å². The minimum Gasteiger partial charge on any atom is -0.492 e. The molecule has 0 fully saturated rings. The number of fused-ring (bicyclic) bond motifs is 4. The Labute approximate surface area is 322 Å². The highest BCUT2D eigenvalue weighted by Crippen LogP contribution is 2.44. The Morgan fingerprint density at radius 3 is 1.85 bits per heavy atom. The van der Waals surface area contributed by atoms with E-state index in [9.17, 15) is 9.59 Å². The first-order valence-electron chi connectivity index (χ1n) is 18.4. The maximum atomic E-state index is 13.2. The van der Waals surface area contributed by atoms with E-state index in [1.54, 1.807) is 23.5 Å². The second-order valence-corrected chi connectivity index (χ2v) is 16.0. The lowest BCUT2D eigenvalue weighted by atomic mass is 10.0. The molecule has 10 heteroatoms. The highest BCUT2D eigenvalue weighted by Gasteiger charge is 2.23. The summed E-state index contributed by atoms with van der Waals surface area (Å²) in [7, 11) is 8.11. The van der Waals surface area contributed by atoms with E-state index < -0.39 is 0 Å². The van der Waals surface area contributed by atoms with Crippen LogP contribution in [0.5, 0.6) is 0 Å². The van der Waals surface area contributed by atoms with Gasteiger partial charge in [-0.05, 0) is 126 Å². The van der Waals surface area contributed by atoms with Crippen LogP contribution in [0.15, 0.2) is 104 Å². The average Bonchev–Trinajstić information content (AvgIpc) is 3.40. The highest BCUT2D eigenvalue weighted by atomic mass is 32.2. The average molecular weight is 751 g/mol. The lowest BCUT2D eigenvalue weighted by Gasteiger charge is -2.16. The number of carbonyl (C=O) groups is 2. The number of thioether (sulfide) groups is 1. The van der Waals surface area contributed by atoms with Crippen LogP contribution in [0, 0.1) is 0 Å². The van der Waals surface area contributed by atoms with Gasteiger partial charge in [-0.1, -0.05) is 53.9 Å². The molecule has 0 saturated heterocycles. The van der Waals surface area contributed by atoms with Crippen molar-refractivity contribution in [1.29, 1.82) is 0 Å². The minimum absolute atomic E-state index is 0.0950. The number of rotatable bonds is 16. The molecular formula is C43H50N4O4S2. The number of ether oxygens (including phenoxy) is 2. The number of amides is 2. The number of nitrogens with one attached hydrogen (secondary N) is 2. The zero-order chi connectivity index (χ0) is 37.2. The van der Waals surface area contributed by atoms with E-state index in [4.69, 9.17) is 9.47 Å². The minimum atomic E-state index is -0.104. The standard InChI is InChI=1S/C43H50N4O4S2/c1-46(2)22-24-50-36-28-30-12-6-8-14-38(30)52-40-18-16-32(26-34(36)40)42(48)44-20-10-5-11-21-45-43(49)33-17-19-41-35(27-33)37(51-25-23-47(3)4)29-31-13-7-9-15-39(31)53-41/h6,8,12-19,26-29H,5,7,9-11,20-25H2,1-4H3,(H,44,48)(H,45,49). The number of benzene rings is 3. The molecule has 0 radical (unpaired) electrons. The number of allylic oxidation sites excluding steroid dienone is 4. The molecule has 8 nitrogen and oxygen atoms in total. The summed E-state index contributed by atoms with van der Waals surface area (Å²) >= 11 is 3.43. The molecule has 278 valence electrons. The molecule has 6 rings (SSSR count). The van der Waals surface area contributed by atoms with Crippen LogP contribution in [-0.4, -0.2) is 89.2 Å². The van der Waals surface area contributed by atoms with E-state index >= 15 is 0 Å². The molecule has 53 heavy (non-hydrogen) atoms. The predicted molar refractivity (Wildman–Crippen MR) is 218 cm³/mol. The fraction of sp³-hybridized carbons (Fsp3) is 0.349. The van der Waals surface area contributed by atoms with Gasteiger partial charge in [-0.2, -0.15) is 0 Å². The zero-order valence-corrected chi connectivity index (χ0v) is 32.8. The summed E-state index contributed by atoms with van der Waals surface area (Å²) in [6.07, 6.45) is 13.3. The largest absolute Gasteiger partial charge is 0.492 e. The normalized spacial score (nSPS) is 14.6. The summed E-state index contributed by atoms with van der Waals surface area (Å²) in [5, 5.41) is 6.18. The molecule has 2 aliphatic heterocycles. The number of hydrogen-bond acceptors (Lipinski definition) is 8. The monoisotopic (exact) mass is 750 g/mol. The van der Waals surface area contributed by atoms with Gasteiger partial charge in [0.1, 0.15) is 24.7 Å². The SMILES string of the molecule is CN(C)CCOC1=CC2=CCCC=C2Sc2ccc(C(=O)NCCCCCNC(=O)c3ccc4c(c3)C(OCCN(C)C)=Cc3ccccc3S4)cc21. The molecule has 0 aromatic heterocycles.